The fraction of sp³-hybridized carbons (Fsp3) is 0.111. The van der Waals surface area contributed by atoms with Crippen molar-refractivity contribution in [2.24, 2.45) is 10.1 Å². The van der Waals surface area contributed by atoms with Gasteiger partial charge < -0.3 is 4.74 Å². The third-order valence-electron chi connectivity index (χ3n) is 3.52. The smallest absolute Gasteiger partial charge is 0.205 e. The van der Waals surface area contributed by atoms with Gasteiger partial charge in [0.15, 0.2) is 0 Å². The molecule has 0 aliphatic heterocycles. The first-order valence-corrected chi connectivity index (χ1v) is 9.86. The number of hydrogen-bond acceptors (Lipinski definition) is 4. The van der Waals surface area contributed by atoms with E-state index in [4.69, 9.17) is 4.74 Å². The molecule has 3 aromatic rings. The molecule has 0 amide bonds. The van der Waals surface area contributed by atoms with Crippen molar-refractivity contribution in [2.75, 3.05) is 14.2 Å². The Kier molecular flexibility index (Phi) is 5.88. The summed E-state index contributed by atoms with van der Waals surface area (Å²) in [5.41, 5.74) is 2.95. The molecule has 0 saturated heterocycles. The number of ether oxygens (including phenoxy) is 1. The number of methoxy groups -OCH3 is 1. The molecule has 1 heterocycles. The van der Waals surface area contributed by atoms with Gasteiger partial charge in [-0.1, -0.05) is 44.0 Å². The van der Waals surface area contributed by atoms with Crippen LogP contribution in [-0.4, -0.2) is 25.0 Å². The molecule has 0 spiro atoms. The van der Waals surface area contributed by atoms with E-state index in [0.717, 1.165) is 36.3 Å². The van der Waals surface area contributed by atoms with Crippen LogP contribution >= 0.6 is 43.2 Å². The zero-order chi connectivity index (χ0) is 17.8. The minimum atomic E-state index is 0.767. The van der Waals surface area contributed by atoms with Gasteiger partial charge in [-0.2, -0.15) is 5.10 Å². The first kappa shape index (κ1) is 18.1. The van der Waals surface area contributed by atoms with Crippen LogP contribution in [0.3, 0.4) is 0 Å². The van der Waals surface area contributed by atoms with E-state index in [1.54, 1.807) is 31.7 Å². The molecule has 0 saturated carbocycles. The third-order valence-corrected chi connectivity index (χ3v) is 5.45. The lowest BCUT2D eigenvalue weighted by Crippen LogP contribution is -2.11. The highest BCUT2D eigenvalue weighted by molar-refractivity contribution is 9.10. The van der Waals surface area contributed by atoms with E-state index in [0.29, 0.717) is 0 Å². The first-order valence-electron chi connectivity index (χ1n) is 7.39. The van der Waals surface area contributed by atoms with E-state index in [-0.39, 0.29) is 0 Å². The summed E-state index contributed by atoms with van der Waals surface area (Å²) in [7, 11) is 3.42. The zero-order valence-electron chi connectivity index (χ0n) is 13.6. The van der Waals surface area contributed by atoms with Crippen molar-refractivity contribution in [3.63, 3.8) is 0 Å². The van der Waals surface area contributed by atoms with E-state index in [9.17, 15) is 0 Å². The van der Waals surface area contributed by atoms with E-state index in [2.05, 4.69) is 59.5 Å². The van der Waals surface area contributed by atoms with Gasteiger partial charge in [0.05, 0.1) is 19.0 Å². The Labute approximate surface area is 166 Å². The van der Waals surface area contributed by atoms with Crippen molar-refractivity contribution < 1.29 is 4.74 Å². The lowest BCUT2D eigenvalue weighted by Gasteiger charge is -2.06. The highest BCUT2D eigenvalue weighted by atomic mass is 79.9. The summed E-state index contributed by atoms with van der Waals surface area (Å²) in [6, 6.07) is 14.0. The van der Waals surface area contributed by atoms with Gasteiger partial charge in [-0.25, -0.2) is 4.68 Å². The first-order chi connectivity index (χ1) is 12.1. The molecule has 25 heavy (non-hydrogen) atoms. The van der Waals surface area contributed by atoms with Gasteiger partial charge >= 0.3 is 0 Å². The maximum Gasteiger partial charge on any atom is 0.205 e. The quantitative estimate of drug-likeness (QED) is 0.475. The van der Waals surface area contributed by atoms with Crippen molar-refractivity contribution in [2.45, 2.75) is 0 Å². The van der Waals surface area contributed by atoms with Crippen LogP contribution in [0.25, 0.3) is 11.3 Å². The summed E-state index contributed by atoms with van der Waals surface area (Å²) in [6.07, 6.45) is 1.79. The average molecular weight is 481 g/mol. The number of nitrogens with zero attached hydrogens (tertiary/aromatic N) is 3. The molecule has 0 aliphatic carbocycles. The van der Waals surface area contributed by atoms with Gasteiger partial charge in [0.25, 0.3) is 0 Å². The molecule has 0 unspecified atom stereocenters. The molecule has 0 atom stereocenters. The fourth-order valence-electron chi connectivity index (χ4n) is 2.31. The van der Waals surface area contributed by atoms with Crippen LogP contribution in [0.4, 0.5) is 0 Å². The van der Waals surface area contributed by atoms with Crippen LogP contribution in [-0.2, 0) is 0 Å². The number of aromatic nitrogens is 1. The molecular weight excluding hydrogens is 466 g/mol. The molecule has 128 valence electrons. The van der Waals surface area contributed by atoms with E-state index < -0.39 is 0 Å². The van der Waals surface area contributed by atoms with Gasteiger partial charge in [0.1, 0.15) is 5.75 Å². The van der Waals surface area contributed by atoms with Crippen LogP contribution in [0.2, 0.25) is 0 Å². The Morgan fingerprint density at radius 1 is 1.08 bits per heavy atom. The summed E-state index contributed by atoms with van der Waals surface area (Å²) >= 11 is 8.51. The number of thiazole rings is 1. The van der Waals surface area contributed by atoms with Crippen LogP contribution < -0.4 is 9.54 Å². The second kappa shape index (κ2) is 8.12. The Bertz CT molecular complexity index is 975. The zero-order valence-corrected chi connectivity index (χ0v) is 17.6. The van der Waals surface area contributed by atoms with E-state index in [1.165, 1.54) is 0 Å². The molecule has 0 radical (unpaired) electrons. The summed E-state index contributed by atoms with van der Waals surface area (Å²) < 4.78 is 9.26. The van der Waals surface area contributed by atoms with Crippen molar-refractivity contribution in [3.8, 4) is 17.0 Å². The second-order valence-electron chi connectivity index (χ2n) is 5.08. The predicted molar refractivity (Wildman–Crippen MR) is 111 cm³/mol. The van der Waals surface area contributed by atoms with Crippen LogP contribution in [0.5, 0.6) is 5.75 Å². The molecule has 0 aliphatic rings. The monoisotopic (exact) mass is 479 g/mol. The molecular formula is C18H15Br2N3OS. The van der Waals surface area contributed by atoms with Crippen LogP contribution in [0.15, 0.2) is 66.9 Å². The Morgan fingerprint density at radius 2 is 1.80 bits per heavy atom. The number of benzene rings is 2. The molecule has 0 bridgehead atoms. The van der Waals surface area contributed by atoms with Gasteiger partial charge in [-0.05, 0) is 30.3 Å². The lowest BCUT2D eigenvalue weighted by atomic mass is 10.2. The third kappa shape index (κ3) is 4.11. The standard InChI is InChI=1S/C18H15Br2N3OS/c1-21-18-23(16(11-25-18)12-3-5-14(19)6-4-12)22-10-13-9-15(20)7-8-17(13)24-2/h3-11H,1-2H3. The van der Waals surface area contributed by atoms with Crippen LogP contribution in [0, 0.1) is 0 Å². The number of rotatable bonds is 4. The van der Waals surface area contributed by atoms with E-state index >= 15 is 0 Å². The summed E-state index contributed by atoms with van der Waals surface area (Å²) in [6.45, 7) is 0. The van der Waals surface area contributed by atoms with Gasteiger partial charge in [0, 0.05) is 32.5 Å². The predicted octanol–water partition coefficient (Wildman–Crippen LogP) is 5.16. The Hall–Kier alpha value is -1.70. The molecule has 0 N–H and O–H groups in total. The van der Waals surface area contributed by atoms with Crippen molar-refractivity contribution in [3.05, 3.63) is 67.2 Å². The Balaban J connectivity index is 2.07. The lowest BCUT2D eigenvalue weighted by molar-refractivity contribution is 0.414. The molecule has 0 fully saturated rings. The molecule has 7 heteroatoms. The SMILES string of the molecule is CN=c1scc(-c2ccc(Br)cc2)n1N=Cc1cc(Br)ccc1OC. The molecule has 2 aromatic carbocycles. The Morgan fingerprint density at radius 3 is 2.48 bits per heavy atom. The summed E-state index contributed by atoms with van der Waals surface area (Å²) in [5.74, 6) is 0.767. The number of hydrogen-bond donors (Lipinski definition) is 0. The second-order valence-corrected chi connectivity index (χ2v) is 7.74. The summed E-state index contributed by atoms with van der Waals surface area (Å²) in [5, 5.41) is 6.71. The van der Waals surface area contributed by atoms with Gasteiger partial charge in [-0.15, -0.1) is 11.3 Å². The summed E-state index contributed by atoms with van der Waals surface area (Å²) in [4.78, 5) is 5.15. The van der Waals surface area contributed by atoms with Crippen molar-refractivity contribution in [1.82, 2.24) is 4.68 Å². The molecule has 3 rings (SSSR count). The highest BCUT2D eigenvalue weighted by Gasteiger charge is 2.08. The molecule has 4 nitrogen and oxygen atoms in total. The van der Waals surface area contributed by atoms with Gasteiger partial charge in [0.2, 0.25) is 4.80 Å². The van der Waals surface area contributed by atoms with Crippen molar-refractivity contribution in [1.29, 1.82) is 0 Å². The molecule has 1 aromatic heterocycles. The van der Waals surface area contributed by atoms with Crippen molar-refractivity contribution >= 4 is 49.4 Å². The van der Waals surface area contributed by atoms with Gasteiger partial charge in [-0.3, -0.25) is 4.99 Å². The largest absolute Gasteiger partial charge is 0.496 e. The minimum Gasteiger partial charge on any atom is -0.496 e. The maximum atomic E-state index is 5.41. The van der Waals surface area contributed by atoms with Crippen LogP contribution in [0.1, 0.15) is 5.56 Å². The topological polar surface area (TPSA) is 38.9 Å². The van der Waals surface area contributed by atoms with E-state index in [1.807, 2.05) is 35.0 Å². The minimum absolute atomic E-state index is 0.767. The highest BCUT2D eigenvalue weighted by Crippen LogP contribution is 2.24. The normalized spacial score (nSPS) is 12.1. The average Bonchev–Trinajstić information content (AvgIpc) is 3.03. The fourth-order valence-corrected chi connectivity index (χ4v) is 3.75. The maximum absolute atomic E-state index is 5.41. The number of halogens is 2.